The molecular weight excluding hydrogens is 948 g/mol. The lowest BCUT2D eigenvalue weighted by molar-refractivity contribution is -0.137. The minimum atomic E-state index is -4.81. The molecule has 0 bridgehead atoms. The standard InChI is InChI=1S/C66H34F3N7/c1-72-56-21-11-7-16-47(56)42-25-29-60-52(35-42)51-34-41(46-15-5-4-14-45(46)39-71)24-28-59(51)75(60)63-32-40(38-70)33-64(65(63)50-19-6-10-20-55(50)66(67,68)69)76-61-30-26-43(48-17-8-12-22-57(48)73-2)36-53(61)54-37-44(27-31-62(54)76)49-18-9-13-23-58(49)74-3/h4-37H. The van der Waals surface area contributed by atoms with E-state index in [0.717, 1.165) is 49.9 Å². The summed E-state index contributed by atoms with van der Waals surface area (Å²) in [5, 5.41) is 24.2. The highest BCUT2D eigenvalue weighted by atomic mass is 19.4. The molecule has 10 heteroatoms. The number of benzene rings is 10. The van der Waals surface area contributed by atoms with E-state index in [1.165, 1.54) is 12.1 Å². The van der Waals surface area contributed by atoms with Gasteiger partial charge in [-0.3, -0.25) is 0 Å². The van der Waals surface area contributed by atoms with Gasteiger partial charge in [0, 0.05) is 27.1 Å². The quantitative estimate of drug-likeness (QED) is 0.149. The lowest BCUT2D eigenvalue weighted by Crippen LogP contribution is -2.10. The number of hydrogen-bond donors (Lipinski definition) is 0. The summed E-state index contributed by atoms with van der Waals surface area (Å²) in [5.74, 6) is 0. The Morgan fingerprint density at radius 3 is 1.09 bits per heavy atom. The van der Waals surface area contributed by atoms with Gasteiger partial charge in [0.1, 0.15) is 0 Å². The number of aromatic nitrogens is 2. The maximum atomic E-state index is 15.8. The number of nitriles is 2. The van der Waals surface area contributed by atoms with Crippen molar-refractivity contribution in [2.45, 2.75) is 6.18 Å². The van der Waals surface area contributed by atoms with E-state index in [1.807, 2.05) is 130 Å². The Morgan fingerprint density at radius 1 is 0.382 bits per heavy atom. The maximum Gasteiger partial charge on any atom is 0.417 e. The van der Waals surface area contributed by atoms with Crippen LogP contribution in [0.1, 0.15) is 16.7 Å². The highest BCUT2D eigenvalue weighted by molar-refractivity contribution is 6.15. The molecule has 7 nitrogen and oxygen atoms in total. The van der Waals surface area contributed by atoms with E-state index in [9.17, 15) is 10.5 Å². The number of hydrogen-bond acceptors (Lipinski definition) is 2. The van der Waals surface area contributed by atoms with Crippen LogP contribution in [-0.2, 0) is 6.18 Å². The summed E-state index contributed by atoms with van der Waals surface area (Å²) in [6.07, 6.45) is -4.81. The van der Waals surface area contributed by atoms with Crippen LogP contribution in [0, 0.1) is 42.4 Å². The molecule has 0 fully saturated rings. The Labute approximate surface area is 434 Å². The van der Waals surface area contributed by atoms with Crippen LogP contribution in [-0.4, -0.2) is 9.13 Å². The van der Waals surface area contributed by atoms with E-state index in [0.29, 0.717) is 78.3 Å². The van der Waals surface area contributed by atoms with E-state index in [-0.39, 0.29) is 16.7 Å². The van der Waals surface area contributed by atoms with Crippen LogP contribution in [0.15, 0.2) is 206 Å². The van der Waals surface area contributed by atoms with Crippen LogP contribution in [0.2, 0.25) is 0 Å². The minimum Gasteiger partial charge on any atom is -0.308 e. The second-order valence-corrected chi connectivity index (χ2v) is 18.2. The second-order valence-electron chi connectivity index (χ2n) is 18.2. The molecule has 76 heavy (non-hydrogen) atoms. The Kier molecular flexibility index (Phi) is 11.1. The van der Waals surface area contributed by atoms with E-state index >= 15 is 13.2 Å². The molecule has 0 aliphatic rings. The average Bonchev–Trinajstić information content (AvgIpc) is 4.17. The number of alkyl halides is 3. The number of para-hydroxylation sites is 3. The lowest BCUT2D eigenvalue weighted by atomic mass is 9.94. The molecule has 0 radical (unpaired) electrons. The van der Waals surface area contributed by atoms with Crippen molar-refractivity contribution in [3.63, 3.8) is 0 Å². The predicted octanol–water partition coefficient (Wildman–Crippen LogP) is 18.6. The van der Waals surface area contributed by atoms with Gasteiger partial charge in [0.05, 0.1) is 82.0 Å². The normalized spacial score (nSPS) is 11.3. The van der Waals surface area contributed by atoms with Gasteiger partial charge in [-0.2, -0.15) is 23.7 Å². The Morgan fingerprint density at radius 2 is 0.724 bits per heavy atom. The third kappa shape index (κ3) is 7.49. The van der Waals surface area contributed by atoms with Crippen molar-refractivity contribution < 1.29 is 13.2 Å². The SMILES string of the molecule is [C-]#[N+]c1ccccc1-c1ccc2c(c1)c1cc(-c3ccccc3C#N)ccc1n2-c1cc(C#N)cc(-n2c3ccc(-c4ccccc4[N+]#[C-])cc3c3cc(-c4ccccc4[N+]#[C-])ccc32)c1-c1ccccc1C(F)(F)F. The number of nitrogens with zero attached hydrogens (tertiary/aromatic N) is 7. The second kappa shape index (κ2) is 18.3. The Bertz CT molecular complexity index is 4170. The molecule has 0 aliphatic heterocycles. The molecule has 354 valence electrons. The first-order valence-electron chi connectivity index (χ1n) is 23.9. The molecule has 12 rings (SSSR count). The van der Waals surface area contributed by atoms with Crippen molar-refractivity contribution in [2.24, 2.45) is 0 Å². The topological polar surface area (TPSA) is 70.5 Å². The van der Waals surface area contributed by atoms with Gasteiger partial charge >= 0.3 is 6.18 Å². The summed E-state index contributed by atoms with van der Waals surface area (Å²) in [6, 6.07) is 65.7. The molecule has 0 spiro atoms. The summed E-state index contributed by atoms with van der Waals surface area (Å²) in [4.78, 5) is 11.4. The third-order valence-corrected chi connectivity index (χ3v) is 14.1. The van der Waals surface area contributed by atoms with Crippen molar-refractivity contribution in [3.8, 4) is 79.1 Å². The van der Waals surface area contributed by atoms with Gasteiger partial charge < -0.3 is 9.13 Å². The summed E-state index contributed by atoms with van der Waals surface area (Å²) in [7, 11) is 0. The zero-order valence-corrected chi connectivity index (χ0v) is 39.9. The molecule has 0 saturated carbocycles. The van der Waals surface area contributed by atoms with Gasteiger partial charge in [-0.1, -0.05) is 133 Å². The molecule has 2 aromatic heterocycles. The van der Waals surface area contributed by atoms with E-state index < -0.39 is 11.7 Å². The van der Waals surface area contributed by atoms with E-state index in [2.05, 4.69) is 26.7 Å². The van der Waals surface area contributed by atoms with Crippen LogP contribution < -0.4 is 0 Å². The summed E-state index contributed by atoms with van der Waals surface area (Å²) >= 11 is 0. The van der Waals surface area contributed by atoms with E-state index in [4.69, 9.17) is 19.7 Å². The third-order valence-electron chi connectivity index (χ3n) is 14.1. The average molecular weight is 982 g/mol. The van der Waals surface area contributed by atoms with Crippen molar-refractivity contribution >= 4 is 60.7 Å². The minimum absolute atomic E-state index is 0.123. The number of halogens is 3. The first-order valence-corrected chi connectivity index (χ1v) is 23.9. The fourth-order valence-corrected chi connectivity index (χ4v) is 10.8. The van der Waals surface area contributed by atoms with Crippen molar-refractivity contribution in [3.05, 3.63) is 257 Å². The molecule has 0 saturated heterocycles. The molecule has 0 atom stereocenters. The van der Waals surface area contributed by atoms with Gasteiger partial charge in [-0.25, -0.2) is 14.5 Å². The fourth-order valence-electron chi connectivity index (χ4n) is 10.8. The molecular formula is C66H34F3N7. The molecule has 0 unspecified atom stereocenters. The highest BCUT2D eigenvalue weighted by Gasteiger charge is 2.36. The van der Waals surface area contributed by atoms with E-state index in [1.54, 1.807) is 66.7 Å². The van der Waals surface area contributed by atoms with Crippen LogP contribution in [0.3, 0.4) is 0 Å². The van der Waals surface area contributed by atoms with Crippen molar-refractivity contribution in [1.82, 2.24) is 9.13 Å². The van der Waals surface area contributed by atoms with Crippen LogP contribution in [0.5, 0.6) is 0 Å². The Hall–Kier alpha value is -11.0. The smallest absolute Gasteiger partial charge is 0.308 e. The van der Waals surface area contributed by atoms with Gasteiger partial charge in [-0.15, -0.1) is 0 Å². The first kappa shape index (κ1) is 46.1. The molecule has 0 amide bonds. The molecule has 12 aromatic rings. The van der Waals surface area contributed by atoms with Crippen LogP contribution in [0.25, 0.3) is 125 Å². The summed E-state index contributed by atoms with van der Waals surface area (Å²) < 4.78 is 51.1. The lowest BCUT2D eigenvalue weighted by Gasteiger charge is -2.23. The van der Waals surface area contributed by atoms with Gasteiger partial charge in [0.25, 0.3) is 0 Å². The fraction of sp³-hybridized carbons (Fsp3) is 0.0152. The van der Waals surface area contributed by atoms with Gasteiger partial charge in [0.15, 0.2) is 17.1 Å². The summed E-state index contributed by atoms with van der Waals surface area (Å²) in [5.41, 5.74) is 10.0. The first-order chi connectivity index (χ1) is 37.1. The maximum absolute atomic E-state index is 15.8. The summed E-state index contributed by atoms with van der Waals surface area (Å²) in [6.45, 7) is 24.0. The molecule has 10 aromatic carbocycles. The zero-order valence-electron chi connectivity index (χ0n) is 39.9. The van der Waals surface area contributed by atoms with Crippen molar-refractivity contribution in [1.29, 1.82) is 10.5 Å². The molecule has 0 N–H and O–H groups in total. The van der Waals surface area contributed by atoms with Gasteiger partial charge in [-0.05, 0) is 123 Å². The largest absolute Gasteiger partial charge is 0.417 e. The van der Waals surface area contributed by atoms with Crippen molar-refractivity contribution in [2.75, 3.05) is 0 Å². The predicted molar refractivity (Wildman–Crippen MR) is 296 cm³/mol. The molecule has 0 aliphatic carbocycles. The van der Waals surface area contributed by atoms with Crippen LogP contribution >= 0.6 is 0 Å². The highest BCUT2D eigenvalue weighted by Crippen LogP contribution is 2.49. The number of rotatable bonds is 7. The van der Waals surface area contributed by atoms with Crippen LogP contribution in [0.4, 0.5) is 30.2 Å². The van der Waals surface area contributed by atoms with Gasteiger partial charge in [0.2, 0.25) is 0 Å². The number of fused-ring (bicyclic) bond motifs is 6. The monoisotopic (exact) mass is 981 g/mol. The molecule has 2 heterocycles. The Balaban J connectivity index is 1.24. The zero-order chi connectivity index (χ0) is 52.2.